The van der Waals surface area contributed by atoms with E-state index in [0.29, 0.717) is 32.0 Å². The van der Waals surface area contributed by atoms with Crippen LogP contribution in [0.3, 0.4) is 0 Å². The number of aliphatic hydroxyl groups is 1. The summed E-state index contributed by atoms with van der Waals surface area (Å²) in [5.74, 6) is -5.46. The monoisotopic (exact) mass is 319 g/mol. The first-order valence-corrected chi connectivity index (χ1v) is 6.97. The molecule has 22 heavy (non-hydrogen) atoms. The van der Waals surface area contributed by atoms with Crippen LogP contribution in [-0.4, -0.2) is 41.7 Å². The van der Waals surface area contributed by atoms with Crippen molar-refractivity contribution in [2.24, 2.45) is 4.99 Å². The Morgan fingerprint density at radius 2 is 1.95 bits per heavy atom. The lowest BCUT2D eigenvalue weighted by Gasteiger charge is -2.21. The fourth-order valence-electron chi connectivity index (χ4n) is 2.28. The molecule has 1 atom stereocenters. The molecule has 0 unspecified atom stereocenters. The van der Waals surface area contributed by atoms with Gasteiger partial charge in [0.15, 0.2) is 29.2 Å². The lowest BCUT2D eigenvalue weighted by molar-refractivity contribution is 0.188. The average Bonchev–Trinajstić information content (AvgIpc) is 2.90. The number of rotatable bonds is 3. The second kappa shape index (κ2) is 6.95. The molecule has 1 saturated heterocycles. The number of guanidine groups is 1. The number of β-amino-alcohol motifs (C(OH)–C–C–N with tert-alkyl or cyclic N) is 1. The quantitative estimate of drug-likeness (QED) is 0.386. The molecule has 1 heterocycles. The zero-order chi connectivity index (χ0) is 16.3. The van der Waals surface area contributed by atoms with Crippen LogP contribution >= 0.6 is 0 Å². The van der Waals surface area contributed by atoms with Gasteiger partial charge in [0.25, 0.3) is 0 Å². The summed E-state index contributed by atoms with van der Waals surface area (Å²) in [7, 11) is 0. The Balaban J connectivity index is 2.24. The van der Waals surface area contributed by atoms with Gasteiger partial charge < -0.3 is 15.3 Å². The number of likely N-dealkylation sites (tertiary alicyclic amines) is 1. The summed E-state index contributed by atoms with van der Waals surface area (Å²) in [6.45, 7) is 2.66. The maximum absolute atomic E-state index is 13.6. The zero-order valence-electron chi connectivity index (χ0n) is 12.0. The summed E-state index contributed by atoms with van der Waals surface area (Å²) in [4.78, 5) is 5.73. The van der Waals surface area contributed by atoms with Crippen LogP contribution in [0.1, 0.15) is 18.9 Å². The molecule has 4 nitrogen and oxygen atoms in total. The van der Waals surface area contributed by atoms with Crippen molar-refractivity contribution in [3.05, 3.63) is 34.9 Å². The van der Waals surface area contributed by atoms with Crippen molar-refractivity contribution in [1.82, 2.24) is 10.2 Å². The number of nitrogens with one attached hydrogen (secondary N) is 1. The largest absolute Gasteiger partial charge is 0.391 e. The van der Waals surface area contributed by atoms with Gasteiger partial charge in [0, 0.05) is 25.7 Å². The minimum absolute atomic E-state index is 0.167. The number of aliphatic hydroxyl groups excluding tert-OH is 1. The predicted molar refractivity (Wildman–Crippen MR) is 73.3 cm³/mol. The molecular formula is C14H17F4N3O. The lowest BCUT2D eigenvalue weighted by atomic mass is 10.2. The van der Waals surface area contributed by atoms with Crippen molar-refractivity contribution in [2.75, 3.05) is 19.6 Å². The Morgan fingerprint density at radius 3 is 2.45 bits per heavy atom. The average molecular weight is 319 g/mol. The van der Waals surface area contributed by atoms with Crippen LogP contribution in [0.2, 0.25) is 0 Å². The summed E-state index contributed by atoms with van der Waals surface area (Å²) >= 11 is 0. The van der Waals surface area contributed by atoms with Crippen LogP contribution in [0.15, 0.2) is 11.1 Å². The van der Waals surface area contributed by atoms with E-state index >= 15 is 0 Å². The van der Waals surface area contributed by atoms with Crippen molar-refractivity contribution in [3.8, 4) is 0 Å². The van der Waals surface area contributed by atoms with Gasteiger partial charge in [-0.15, -0.1) is 0 Å². The number of hydrogen-bond donors (Lipinski definition) is 2. The SMILES string of the molecule is CCNC(=NCc1c(F)c(F)cc(F)c1F)N1CC[C@@H](O)C1. The predicted octanol–water partition coefficient (Wildman–Crippen LogP) is 1.78. The molecule has 1 aliphatic rings. The van der Waals surface area contributed by atoms with Gasteiger partial charge >= 0.3 is 0 Å². The minimum Gasteiger partial charge on any atom is -0.391 e. The summed E-state index contributed by atoms with van der Waals surface area (Å²) in [5, 5.41) is 12.4. The molecule has 8 heteroatoms. The highest BCUT2D eigenvalue weighted by Crippen LogP contribution is 2.20. The third kappa shape index (κ3) is 3.49. The van der Waals surface area contributed by atoms with Crippen molar-refractivity contribution < 1.29 is 22.7 Å². The standard InChI is InChI=1S/C14H17F4N3O/c1-2-19-14(21-4-3-8(22)7-21)20-6-9-12(17)10(15)5-11(16)13(9)18/h5,8,22H,2-4,6-7H2,1H3,(H,19,20)/t8-/m1/s1. The Hall–Kier alpha value is -1.83. The number of hydrogen-bond acceptors (Lipinski definition) is 2. The van der Waals surface area contributed by atoms with Crippen molar-refractivity contribution >= 4 is 5.96 Å². The van der Waals surface area contributed by atoms with Crippen LogP contribution in [0.25, 0.3) is 0 Å². The highest BCUT2D eigenvalue weighted by atomic mass is 19.2. The van der Waals surface area contributed by atoms with Crippen LogP contribution in [0.4, 0.5) is 17.6 Å². The topological polar surface area (TPSA) is 47.9 Å². The number of aliphatic imine (C=N–C) groups is 1. The van der Waals surface area contributed by atoms with Crippen LogP contribution in [-0.2, 0) is 6.54 Å². The van der Waals surface area contributed by atoms with Crippen LogP contribution in [0.5, 0.6) is 0 Å². The first-order chi connectivity index (χ1) is 10.4. The Labute approximate surface area is 125 Å². The number of nitrogens with zero attached hydrogens (tertiary/aromatic N) is 2. The van der Waals surface area contributed by atoms with Gasteiger partial charge in [-0.3, -0.25) is 0 Å². The Bertz CT molecular complexity index is 553. The summed E-state index contributed by atoms with van der Waals surface area (Å²) < 4.78 is 53.5. The van der Waals surface area contributed by atoms with E-state index < -0.39 is 41.5 Å². The minimum atomic E-state index is -1.45. The molecule has 1 aliphatic heterocycles. The molecule has 1 aromatic rings. The fourth-order valence-corrected chi connectivity index (χ4v) is 2.28. The molecule has 1 fully saturated rings. The summed E-state index contributed by atoms with van der Waals surface area (Å²) in [6.07, 6.45) is 0.0609. The smallest absolute Gasteiger partial charge is 0.194 e. The Kier molecular flexibility index (Phi) is 5.23. The summed E-state index contributed by atoms with van der Waals surface area (Å²) in [5.41, 5.74) is -0.757. The van der Waals surface area contributed by atoms with Gasteiger partial charge in [-0.2, -0.15) is 0 Å². The third-order valence-corrected chi connectivity index (χ3v) is 3.39. The third-order valence-electron chi connectivity index (χ3n) is 3.39. The molecule has 0 saturated carbocycles. The maximum Gasteiger partial charge on any atom is 0.194 e. The second-order valence-electron chi connectivity index (χ2n) is 5.01. The van der Waals surface area contributed by atoms with E-state index in [1.807, 2.05) is 6.92 Å². The number of halogens is 4. The van der Waals surface area contributed by atoms with E-state index in [0.717, 1.165) is 0 Å². The first kappa shape index (κ1) is 16.5. The molecule has 1 aromatic carbocycles. The molecule has 2 N–H and O–H groups in total. The van der Waals surface area contributed by atoms with E-state index in [1.54, 1.807) is 4.90 Å². The van der Waals surface area contributed by atoms with E-state index in [2.05, 4.69) is 10.3 Å². The Morgan fingerprint density at radius 1 is 1.32 bits per heavy atom. The molecule has 0 spiro atoms. The molecular weight excluding hydrogens is 302 g/mol. The molecule has 0 aliphatic carbocycles. The lowest BCUT2D eigenvalue weighted by Crippen LogP contribution is -2.40. The van der Waals surface area contributed by atoms with Gasteiger partial charge in [0.2, 0.25) is 0 Å². The molecule has 0 radical (unpaired) electrons. The van der Waals surface area contributed by atoms with Gasteiger partial charge in [0.1, 0.15) is 0 Å². The highest BCUT2D eigenvalue weighted by Gasteiger charge is 2.24. The first-order valence-electron chi connectivity index (χ1n) is 6.97. The van der Waals surface area contributed by atoms with E-state index in [9.17, 15) is 22.7 Å². The van der Waals surface area contributed by atoms with Gasteiger partial charge in [0.05, 0.1) is 18.2 Å². The van der Waals surface area contributed by atoms with Crippen LogP contribution < -0.4 is 5.32 Å². The molecule has 0 bridgehead atoms. The molecule has 0 aromatic heterocycles. The van der Waals surface area contributed by atoms with Crippen molar-refractivity contribution in [1.29, 1.82) is 0 Å². The second-order valence-corrected chi connectivity index (χ2v) is 5.01. The van der Waals surface area contributed by atoms with E-state index in [-0.39, 0.29) is 6.07 Å². The van der Waals surface area contributed by atoms with Gasteiger partial charge in [-0.1, -0.05) is 0 Å². The normalized spacial score (nSPS) is 18.9. The molecule has 0 amide bonds. The zero-order valence-corrected chi connectivity index (χ0v) is 12.0. The maximum atomic E-state index is 13.6. The van der Waals surface area contributed by atoms with Crippen molar-refractivity contribution in [3.63, 3.8) is 0 Å². The van der Waals surface area contributed by atoms with E-state index in [1.165, 1.54) is 0 Å². The van der Waals surface area contributed by atoms with Gasteiger partial charge in [-0.25, -0.2) is 22.6 Å². The van der Waals surface area contributed by atoms with Crippen molar-refractivity contribution in [2.45, 2.75) is 26.0 Å². The van der Waals surface area contributed by atoms with E-state index in [4.69, 9.17) is 0 Å². The fraction of sp³-hybridized carbons (Fsp3) is 0.500. The molecule has 122 valence electrons. The molecule has 2 rings (SSSR count). The van der Waals surface area contributed by atoms with Crippen LogP contribution in [0, 0.1) is 23.3 Å². The number of benzene rings is 1. The van der Waals surface area contributed by atoms with Gasteiger partial charge in [-0.05, 0) is 13.3 Å². The summed E-state index contributed by atoms with van der Waals surface area (Å²) in [6, 6.07) is 0.167. The highest BCUT2D eigenvalue weighted by molar-refractivity contribution is 5.80.